The number of hydrogen-bond donors (Lipinski definition) is 0. The standard InChI is InChI=1S/C18H22ClNO/c1-10-7-11(2)17(12(3)8-10)20-13(4)9-16(15(20)6)18(21)14(5)19/h7-9,14H,1-6H3. The van der Waals surface area contributed by atoms with Crippen molar-refractivity contribution < 1.29 is 4.79 Å². The van der Waals surface area contributed by atoms with Gasteiger partial charge in [-0.25, -0.2) is 0 Å². The van der Waals surface area contributed by atoms with Crippen molar-refractivity contribution in [1.29, 1.82) is 0 Å². The highest BCUT2D eigenvalue weighted by molar-refractivity contribution is 6.33. The molecule has 2 rings (SSSR count). The lowest BCUT2D eigenvalue weighted by molar-refractivity contribution is 0.0991. The van der Waals surface area contributed by atoms with Crippen LogP contribution < -0.4 is 0 Å². The third kappa shape index (κ3) is 2.77. The van der Waals surface area contributed by atoms with Crippen molar-refractivity contribution in [3.05, 3.63) is 51.8 Å². The molecular formula is C18H22ClNO. The molecule has 0 bridgehead atoms. The van der Waals surface area contributed by atoms with E-state index in [0.717, 1.165) is 22.6 Å². The molecule has 1 aromatic heterocycles. The summed E-state index contributed by atoms with van der Waals surface area (Å²) in [5.74, 6) is -0.0153. The second kappa shape index (κ2) is 5.69. The number of nitrogens with zero attached hydrogens (tertiary/aromatic N) is 1. The molecule has 3 heteroatoms. The number of ketones is 1. The molecule has 21 heavy (non-hydrogen) atoms. The summed E-state index contributed by atoms with van der Waals surface area (Å²) in [6.45, 7) is 12.1. The molecule has 0 fully saturated rings. The number of carbonyl (C=O) groups is 1. The van der Waals surface area contributed by atoms with E-state index < -0.39 is 5.38 Å². The van der Waals surface area contributed by atoms with Crippen molar-refractivity contribution in [3.63, 3.8) is 0 Å². The van der Waals surface area contributed by atoms with E-state index in [2.05, 4.69) is 37.5 Å². The van der Waals surface area contributed by atoms with Crippen molar-refractivity contribution in [3.8, 4) is 5.69 Å². The number of aryl methyl sites for hydroxylation is 4. The molecule has 0 radical (unpaired) electrons. The summed E-state index contributed by atoms with van der Waals surface area (Å²) in [7, 11) is 0. The number of hydrogen-bond acceptors (Lipinski definition) is 1. The lowest BCUT2D eigenvalue weighted by Crippen LogP contribution is -2.12. The van der Waals surface area contributed by atoms with Gasteiger partial charge in [0.1, 0.15) is 0 Å². The Morgan fingerprint density at radius 1 is 1.05 bits per heavy atom. The Balaban J connectivity index is 2.70. The van der Waals surface area contributed by atoms with Gasteiger partial charge in [-0.15, -0.1) is 11.6 Å². The van der Waals surface area contributed by atoms with Gasteiger partial charge < -0.3 is 4.57 Å². The smallest absolute Gasteiger partial charge is 0.182 e. The summed E-state index contributed by atoms with van der Waals surface area (Å²) in [5.41, 5.74) is 7.58. The number of rotatable bonds is 3. The minimum atomic E-state index is -0.501. The molecule has 1 atom stereocenters. The van der Waals surface area contributed by atoms with Crippen LogP contribution in [0.3, 0.4) is 0 Å². The van der Waals surface area contributed by atoms with E-state index in [0.29, 0.717) is 0 Å². The number of halogens is 1. The van der Waals surface area contributed by atoms with E-state index in [4.69, 9.17) is 11.6 Å². The van der Waals surface area contributed by atoms with E-state index >= 15 is 0 Å². The van der Waals surface area contributed by atoms with Crippen LogP contribution in [0, 0.1) is 34.6 Å². The highest BCUT2D eigenvalue weighted by atomic mass is 35.5. The first-order valence-electron chi connectivity index (χ1n) is 7.19. The van der Waals surface area contributed by atoms with Crippen molar-refractivity contribution >= 4 is 17.4 Å². The third-order valence-corrected chi connectivity index (χ3v) is 4.12. The Hall–Kier alpha value is -1.54. The van der Waals surface area contributed by atoms with Gasteiger partial charge in [0.25, 0.3) is 0 Å². The third-order valence-electron chi connectivity index (χ3n) is 3.92. The number of alkyl halides is 1. The molecule has 2 aromatic rings. The van der Waals surface area contributed by atoms with Gasteiger partial charge in [0, 0.05) is 17.0 Å². The van der Waals surface area contributed by atoms with Gasteiger partial charge in [0.2, 0.25) is 0 Å². The average molecular weight is 304 g/mol. The molecular weight excluding hydrogens is 282 g/mol. The van der Waals surface area contributed by atoms with E-state index in [1.54, 1.807) is 6.92 Å². The zero-order chi connectivity index (χ0) is 15.9. The number of benzene rings is 1. The Kier molecular flexibility index (Phi) is 4.29. The molecule has 0 N–H and O–H groups in total. The van der Waals surface area contributed by atoms with Gasteiger partial charge in [-0.05, 0) is 58.7 Å². The average Bonchev–Trinajstić information content (AvgIpc) is 2.64. The summed E-state index contributed by atoms with van der Waals surface area (Å²) in [4.78, 5) is 12.2. The zero-order valence-electron chi connectivity index (χ0n) is 13.5. The van der Waals surface area contributed by atoms with Crippen LogP contribution in [0.1, 0.15) is 45.4 Å². The number of Topliss-reactive ketones (excluding diaryl/α,β-unsaturated/α-hetero) is 1. The Labute approximate surface area is 131 Å². The highest BCUT2D eigenvalue weighted by Gasteiger charge is 2.21. The molecule has 0 aliphatic carbocycles. The fraction of sp³-hybridized carbons (Fsp3) is 0.389. The van der Waals surface area contributed by atoms with Gasteiger partial charge in [-0.2, -0.15) is 0 Å². The highest BCUT2D eigenvalue weighted by Crippen LogP contribution is 2.28. The first kappa shape index (κ1) is 15.8. The monoisotopic (exact) mass is 303 g/mol. The lowest BCUT2D eigenvalue weighted by atomic mass is 10.0. The van der Waals surface area contributed by atoms with Crippen LogP contribution in [0.15, 0.2) is 18.2 Å². The minimum absolute atomic E-state index is 0.0153. The van der Waals surface area contributed by atoms with Gasteiger partial charge in [0.15, 0.2) is 5.78 Å². The molecule has 1 unspecified atom stereocenters. The van der Waals surface area contributed by atoms with Crippen molar-refractivity contribution in [2.24, 2.45) is 0 Å². The van der Waals surface area contributed by atoms with Gasteiger partial charge in [-0.1, -0.05) is 17.7 Å². The SMILES string of the molecule is Cc1cc(C)c(-n2c(C)cc(C(=O)C(C)Cl)c2C)c(C)c1. The van der Waals surface area contributed by atoms with Crippen LogP contribution in [0.2, 0.25) is 0 Å². The Bertz CT molecular complexity index is 687. The summed E-state index contributed by atoms with van der Waals surface area (Å²) >= 11 is 5.97. The van der Waals surface area contributed by atoms with Crippen LogP contribution in [-0.4, -0.2) is 15.7 Å². The second-order valence-corrected chi connectivity index (χ2v) is 6.50. The van der Waals surface area contributed by atoms with E-state index in [-0.39, 0.29) is 5.78 Å². The number of carbonyl (C=O) groups excluding carboxylic acids is 1. The second-order valence-electron chi connectivity index (χ2n) is 5.85. The Morgan fingerprint density at radius 2 is 1.57 bits per heavy atom. The molecule has 1 aromatic carbocycles. The maximum absolute atomic E-state index is 12.2. The summed E-state index contributed by atoms with van der Waals surface area (Å²) < 4.78 is 2.16. The largest absolute Gasteiger partial charge is 0.317 e. The zero-order valence-corrected chi connectivity index (χ0v) is 14.3. The van der Waals surface area contributed by atoms with E-state index in [9.17, 15) is 4.79 Å². The molecule has 2 nitrogen and oxygen atoms in total. The molecule has 0 aliphatic rings. The molecule has 0 saturated heterocycles. The lowest BCUT2D eigenvalue weighted by Gasteiger charge is -2.17. The van der Waals surface area contributed by atoms with Gasteiger partial charge in [0.05, 0.1) is 11.1 Å². The first-order valence-corrected chi connectivity index (χ1v) is 7.63. The molecule has 112 valence electrons. The van der Waals surface area contributed by atoms with Crippen molar-refractivity contribution in [1.82, 2.24) is 4.57 Å². The van der Waals surface area contributed by atoms with Crippen LogP contribution in [-0.2, 0) is 0 Å². The molecule has 0 saturated carbocycles. The summed E-state index contributed by atoms with van der Waals surface area (Å²) in [6, 6.07) is 6.29. The van der Waals surface area contributed by atoms with Crippen LogP contribution >= 0.6 is 11.6 Å². The maximum atomic E-state index is 12.2. The maximum Gasteiger partial charge on any atom is 0.182 e. The summed E-state index contributed by atoms with van der Waals surface area (Å²) in [5, 5.41) is -0.501. The van der Waals surface area contributed by atoms with E-state index in [1.165, 1.54) is 16.7 Å². The molecule has 0 spiro atoms. The number of aromatic nitrogens is 1. The fourth-order valence-electron chi connectivity index (χ4n) is 3.10. The molecule has 1 heterocycles. The predicted molar refractivity (Wildman–Crippen MR) is 89.1 cm³/mol. The minimum Gasteiger partial charge on any atom is -0.317 e. The van der Waals surface area contributed by atoms with Crippen LogP contribution in [0.4, 0.5) is 0 Å². The molecule has 0 amide bonds. The van der Waals surface area contributed by atoms with Gasteiger partial charge >= 0.3 is 0 Å². The Morgan fingerprint density at radius 3 is 2.05 bits per heavy atom. The summed E-state index contributed by atoms with van der Waals surface area (Å²) in [6.07, 6.45) is 0. The fourth-order valence-corrected chi connectivity index (χ4v) is 3.21. The topological polar surface area (TPSA) is 22.0 Å². The van der Waals surface area contributed by atoms with Crippen molar-refractivity contribution in [2.45, 2.75) is 46.9 Å². The van der Waals surface area contributed by atoms with Crippen LogP contribution in [0.5, 0.6) is 0 Å². The van der Waals surface area contributed by atoms with Gasteiger partial charge in [-0.3, -0.25) is 4.79 Å². The van der Waals surface area contributed by atoms with Crippen molar-refractivity contribution in [2.75, 3.05) is 0 Å². The quantitative estimate of drug-likeness (QED) is 0.588. The normalized spacial score (nSPS) is 12.5. The van der Waals surface area contributed by atoms with Crippen LogP contribution in [0.25, 0.3) is 5.69 Å². The first-order chi connectivity index (χ1) is 9.73. The predicted octanol–water partition coefficient (Wildman–Crippen LogP) is 4.83. The van der Waals surface area contributed by atoms with E-state index in [1.807, 2.05) is 19.9 Å². The molecule has 0 aliphatic heterocycles.